The molecule has 0 bridgehead atoms. The van der Waals surface area contributed by atoms with E-state index >= 15 is 0 Å². The second kappa shape index (κ2) is 65.8. The molecule has 0 fully saturated rings. The van der Waals surface area contributed by atoms with Gasteiger partial charge in [0.15, 0.2) is 12.2 Å². The summed E-state index contributed by atoms with van der Waals surface area (Å²) < 4.78 is 68.3. The number of phosphoric ester groups is 2. The molecule has 0 aliphatic carbocycles. The molecule has 5 atom stereocenters. The fraction of sp³-hybridized carbons (Fsp3) is 0.890. The number of hydrogen-bond acceptors (Lipinski definition) is 15. The first kappa shape index (κ1) is 89.5. The molecular weight excluding hydrogens is 1210 g/mol. The van der Waals surface area contributed by atoms with Crippen molar-refractivity contribution in [2.75, 3.05) is 39.6 Å². The standard InChI is InChI=1S/C73H138O17P2/c1-6-9-12-15-18-21-24-26-28-30-33-36-42-47-52-57-71(76)84-62-68(89-72(77)58-53-48-43-37-34-31-29-27-25-22-19-16-13-10-7-2)64-87-91(79,80)85-60-67(74)61-86-92(81,82)88-65-69(90-73(78)59-54-49-44-39-38-40-45-50-55-66(4)5)63-83-70(75)56-51-46-41-35-32-23-20-17-14-11-8-3/h22,25,27,29,66-69,74H,6-21,23-24,26,28,30-65H2,1-5H3,(H,79,80)(H,81,82)/b25-22-,29-27-/t67-,68-,69-/m1/s1. The summed E-state index contributed by atoms with van der Waals surface area (Å²) in [6, 6.07) is 0. The van der Waals surface area contributed by atoms with Crippen molar-refractivity contribution in [3.63, 3.8) is 0 Å². The van der Waals surface area contributed by atoms with Crippen LogP contribution in [0.25, 0.3) is 0 Å². The summed E-state index contributed by atoms with van der Waals surface area (Å²) in [4.78, 5) is 72.6. The summed E-state index contributed by atoms with van der Waals surface area (Å²) in [7, 11) is -9.92. The Labute approximate surface area is 561 Å². The molecule has 3 N–H and O–H groups in total. The predicted molar refractivity (Wildman–Crippen MR) is 372 cm³/mol. The number of phosphoric acid groups is 2. The predicted octanol–water partition coefficient (Wildman–Crippen LogP) is 20.9. The molecule has 19 heteroatoms. The van der Waals surface area contributed by atoms with Crippen LogP contribution >= 0.6 is 15.6 Å². The molecule has 0 amide bonds. The van der Waals surface area contributed by atoms with Gasteiger partial charge in [-0.25, -0.2) is 9.13 Å². The number of esters is 4. The van der Waals surface area contributed by atoms with E-state index in [1.165, 1.54) is 167 Å². The first-order chi connectivity index (χ1) is 44.5. The molecule has 0 aliphatic rings. The Balaban J connectivity index is 5.28. The van der Waals surface area contributed by atoms with Gasteiger partial charge in [-0.05, 0) is 57.3 Å². The Morgan fingerprint density at radius 3 is 0.891 bits per heavy atom. The summed E-state index contributed by atoms with van der Waals surface area (Å²) in [5.41, 5.74) is 0. The van der Waals surface area contributed by atoms with Gasteiger partial charge >= 0.3 is 39.5 Å². The molecule has 92 heavy (non-hydrogen) atoms. The maximum absolute atomic E-state index is 13.0. The highest BCUT2D eigenvalue weighted by Gasteiger charge is 2.30. The molecule has 0 aromatic carbocycles. The van der Waals surface area contributed by atoms with Crippen molar-refractivity contribution in [1.29, 1.82) is 0 Å². The second-order valence-electron chi connectivity index (χ2n) is 26.1. The number of carbonyl (C=O) groups is 4. The molecule has 0 saturated heterocycles. The lowest BCUT2D eigenvalue weighted by Crippen LogP contribution is -2.30. The third kappa shape index (κ3) is 66.2. The number of allylic oxidation sites excluding steroid dienone is 4. The van der Waals surface area contributed by atoms with Crippen LogP contribution in [0.5, 0.6) is 0 Å². The highest BCUT2D eigenvalue weighted by Crippen LogP contribution is 2.45. The van der Waals surface area contributed by atoms with Gasteiger partial charge < -0.3 is 33.8 Å². The fourth-order valence-electron chi connectivity index (χ4n) is 10.6. The molecule has 0 heterocycles. The zero-order valence-electron chi connectivity index (χ0n) is 59.2. The summed E-state index contributed by atoms with van der Waals surface area (Å²) in [5, 5.41) is 10.6. The molecule has 17 nitrogen and oxygen atoms in total. The lowest BCUT2D eigenvalue weighted by atomic mass is 10.0. The van der Waals surface area contributed by atoms with E-state index < -0.39 is 97.5 Å². The van der Waals surface area contributed by atoms with Crippen LogP contribution in [0, 0.1) is 5.92 Å². The summed E-state index contributed by atoms with van der Waals surface area (Å²) in [6.45, 7) is 7.16. The second-order valence-corrected chi connectivity index (χ2v) is 29.0. The molecule has 0 aromatic rings. The third-order valence-corrected chi connectivity index (χ3v) is 18.3. The highest BCUT2D eigenvalue weighted by atomic mass is 31.2. The number of unbranched alkanes of at least 4 members (excludes halogenated alkanes) is 40. The third-order valence-electron chi connectivity index (χ3n) is 16.4. The number of aliphatic hydroxyl groups is 1. The van der Waals surface area contributed by atoms with Gasteiger partial charge in [0.05, 0.1) is 26.4 Å². The zero-order valence-corrected chi connectivity index (χ0v) is 61.0. The number of ether oxygens (including phenoxy) is 4. The first-order valence-corrected chi connectivity index (χ1v) is 40.4. The normalized spacial score (nSPS) is 14.2. The van der Waals surface area contributed by atoms with Crippen molar-refractivity contribution in [1.82, 2.24) is 0 Å². The van der Waals surface area contributed by atoms with E-state index in [1.807, 2.05) is 0 Å². The van der Waals surface area contributed by atoms with E-state index in [1.54, 1.807) is 0 Å². The van der Waals surface area contributed by atoms with E-state index in [2.05, 4.69) is 58.9 Å². The first-order valence-electron chi connectivity index (χ1n) is 37.5. The smallest absolute Gasteiger partial charge is 0.462 e. The lowest BCUT2D eigenvalue weighted by Gasteiger charge is -2.21. The molecule has 0 aromatic heterocycles. The van der Waals surface area contributed by atoms with E-state index in [9.17, 15) is 43.2 Å². The number of aliphatic hydroxyl groups excluding tert-OH is 1. The molecule has 0 spiro atoms. The Hall–Kier alpha value is -2.46. The fourth-order valence-corrected chi connectivity index (χ4v) is 12.2. The zero-order chi connectivity index (χ0) is 67.7. The highest BCUT2D eigenvalue weighted by molar-refractivity contribution is 7.47. The lowest BCUT2D eigenvalue weighted by molar-refractivity contribution is -0.161. The van der Waals surface area contributed by atoms with Crippen molar-refractivity contribution in [3.05, 3.63) is 24.3 Å². The van der Waals surface area contributed by atoms with Gasteiger partial charge in [0, 0.05) is 25.7 Å². The van der Waals surface area contributed by atoms with Crippen LogP contribution in [0.3, 0.4) is 0 Å². The van der Waals surface area contributed by atoms with Crippen molar-refractivity contribution >= 4 is 39.5 Å². The van der Waals surface area contributed by atoms with Crippen molar-refractivity contribution < 1.29 is 80.2 Å². The minimum atomic E-state index is -4.96. The molecule has 0 rings (SSSR count). The largest absolute Gasteiger partial charge is 0.472 e. The van der Waals surface area contributed by atoms with Crippen LogP contribution in [0.1, 0.15) is 356 Å². The Morgan fingerprint density at radius 2 is 0.587 bits per heavy atom. The van der Waals surface area contributed by atoms with Crippen LogP contribution in [-0.4, -0.2) is 96.7 Å². The number of carbonyl (C=O) groups excluding carboxylic acids is 4. The molecule has 0 aliphatic heterocycles. The van der Waals surface area contributed by atoms with Gasteiger partial charge in [-0.15, -0.1) is 0 Å². The number of hydrogen-bond donors (Lipinski definition) is 3. The van der Waals surface area contributed by atoms with Gasteiger partial charge in [-0.2, -0.15) is 0 Å². The van der Waals surface area contributed by atoms with Gasteiger partial charge in [-0.1, -0.05) is 303 Å². The van der Waals surface area contributed by atoms with Crippen LogP contribution in [0.15, 0.2) is 24.3 Å². The van der Waals surface area contributed by atoms with Crippen molar-refractivity contribution in [2.24, 2.45) is 5.92 Å². The minimum absolute atomic E-state index is 0.0856. The van der Waals surface area contributed by atoms with Gasteiger partial charge in [0.2, 0.25) is 0 Å². The van der Waals surface area contributed by atoms with Gasteiger partial charge in [-0.3, -0.25) is 37.3 Å². The van der Waals surface area contributed by atoms with Gasteiger partial charge in [0.25, 0.3) is 0 Å². The van der Waals surface area contributed by atoms with E-state index in [0.717, 1.165) is 109 Å². The molecule has 0 radical (unpaired) electrons. The molecule has 2 unspecified atom stereocenters. The summed E-state index contributed by atoms with van der Waals surface area (Å²) in [5.74, 6) is -1.43. The monoisotopic (exact) mass is 1350 g/mol. The number of rotatable bonds is 71. The van der Waals surface area contributed by atoms with Crippen molar-refractivity contribution in [2.45, 2.75) is 374 Å². The Kier molecular flexibility index (Phi) is 64.0. The summed E-state index contributed by atoms with van der Waals surface area (Å²) in [6.07, 6.45) is 56.2. The van der Waals surface area contributed by atoms with Crippen LogP contribution < -0.4 is 0 Å². The topological polar surface area (TPSA) is 237 Å². The average molecular weight is 1350 g/mol. The maximum atomic E-state index is 13.0. The van der Waals surface area contributed by atoms with Crippen LogP contribution in [0.2, 0.25) is 0 Å². The van der Waals surface area contributed by atoms with Crippen LogP contribution in [0.4, 0.5) is 0 Å². The maximum Gasteiger partial charge on any atom is 0.472 e. The van der Waals surface area contributed by atoms with Crippen molar-refractivity contribution in [3.8, 4) is 0 Å². The van der Waals surface area contributed by atoms with E-state index in [4.69, 9.17) is 37.0 Å². The van der Waals surface area contributed by atoms with Gasteiger partial charge in [0.1, 0.15) is 19.3 Å². The van der Waals surface area contributed by atoms with E-state index in [0.29, 0.717) is 25.7 Å². The van der Waals surface area contributed by atoms with Crippen LogP contribution in [-0.2, 0) is 65.4 Å². The Bertz CT molecular complexity index is 1860. The summed E-state index contributed by atoms with van der Waals surface area (Å²) >= 11 is 0. The molecule has 0 saturated carbocycles. The molecular formula is C73H138O17P2. The average Bonchev–Trinajstić information content (AvgIpc) is 1.94. The SMILES string of the molecule is CCCCCC/C=C\C=C/CCCCCCCC(=O)O[C@H](COC(=O)CCCCCCCCCCCCCCCCC)COP(=O)(O)OC[C@@H](O)COP(=O)(O)OC[C@@H](COC(=O)CCCCCCCCCCCCC)OC(=O)CCCCCCCCCCC(C)C. The minimum Gasteiger partial charge on any atom is -0.462 e. The molecule has 542 valence electrons. The quantitative estimate of drug-likeness (QED) is 0.0169. The Morgan fingerprint density at radius 1 is 0.337 bits per heavy atom. The van der Waals surface area contributed by atoms with E-state index in [-0.39, 0.29) is 25.7 Å².